The van der Waals surface area contributed by atoms with Crippen molar-refractivity contribution in [1.29, 1.82) is 0 Å². The van der Waals surface area contributed by atoms with E-state index in [4.69, 9.17) is 10.7 Å². The highest BCUT2D eigenvalue weighted by Crippen LogP contribution is 2.31. The van der Waals surface area contributed by atoms with Gasteiger partial charge in [0.1, 0.15) is 22.9 Å². The molecule has 0 aliphatic rings. The van der Waals surface area contributed by atoms with E-state index in [1.165, 1.54) is 5.56 Å². The Morgan fingerprint density at radius 1 is 1.10 bits per heavy atom. The lowest BCUT2D eigenvalue weighted by molar-refractivity contribution is -0.117. The molecule has 9 heteroatoms. The van der Waals surface area contributed by atoms with Crippen LogP contribution in [-0.2, 0) is 4.79 Å². The van der Waals surface area contributed by atoms with Gasteiger partial charge in [-0.05, 0) is 68.2 Å². The molecule has 0 aliphatic carbocycles. The molecule has 1 atom stereocenters. The molecule has 0 fully saturated rings. The molecule has 2 aromatic carbocycles. The zero-order chi connectivity index (χ0) is 30.4. The van der Waals surface area contributed by atoms with E-state index < -0.39 is 6.04 Å². The standard InChI is InChI=1S/C33H41N7O2/c1-7-39(8-2)17-10-13-28(41)36-23(6)32-38-29(30-31(34)35-16-18-40(30)32)24-11-9-12-25(20-24)33(42)37-26-14-15-27(21(3)4)22(5)19-26/h9-16,18-21,23H,7-8,17H2,1-6H3,(H2,34,35)(H,36,41)(H,37,42)/b13-10+/t23-/m0/s1. The Balaban J connectivity index is 1.60. The first-order chi connectivity index (χ1) is 20.1. The second-order valence-corrected chi connectivity index (χ2v) is 10.7. The fourth-order valence-electron chi connectivity index (χ4n) is 5.12. The molecular formula is C33H41N7O2. The number of nitrogens with two attached hydrogens (primary N) is 1. The molecule has 0 radical (unpaired) electrons. The van der Waals surface area contributed by atoms with Crippen LogP contribution in [-0.4, -0.2) is 50.7 Å². The quantitative estimate of drug-likeness (QED) is 0.199. The summed E-state index contributed by atoms with van der Waals surface area (Å²) in [4.78, 5) is 37.3. The summed E-state index contributed by atoms with van der Waals surface area (Å²) in [5.74, 6) is 0.897. The van der Waals surface area contributed by atoms with Crippen molar-refractivity contribution in [2.45, 2.75) is 53.5 Å². The minimum Gasteiger partial charge on any atom is -0.382 e. The van der Waals surface area contributed by atoms with Gasteiger partial charge in [-0.1, -0.05) is 52.0 Å². The van der Waals surface area contributed by atoms with E-state index in [0.717, 1.165) is 29.9 Å². The first-order valence-corrected chi connectivity index (χ1v) is 14.5. The third-order valence-corrected chi connectivity index (χ3v) is 7.43. The number of aryl methyl sites for hydroxylation is 1. The van der Waals surface area contributed by atoms with E-state index in [2.05, 4.69) is 61.2 Å². The molecule has 220 valence electrons. The van der Waals surface area contributed by atoms with E-state index in [9.17, 15) is 9.59 Å². The molecule has 0 bridgehead atoms. The first kappa shape index (κ1) is 30.5. The number of nitrogen functional groups attached to an aromatic ring is 1. The van der Waals surface area contributed by atoms with Gasteiger partial charge in [0.15, 0.2) is 0 Å². The summed E-state index contributed by atoms with van der Waals surface area (Å²) in [7, 11) is 0. The van der Waals surface area contributed by atoms with Crippen molar-refractivity contribution in [3.63, 3.8) is 0 Å². The Morgan fingerprint density at radius 3 is 2.55 bits per heavy atom. The van der Waals surface area contributed by atoms with Crippen molar-refractivity contribution in [2.24, 2.45) is 0 Å². The molecule has 2 heterocycles. The number of imidazole rings is 1. The van der Waals surface area contributed by atoms with Gasteiger partial charge >= 0.3 is 0 Å². The number of benzene rings is 2. The number of hydrogen-bond donors (Lipinski definition) is 3. The van der Waals surface area contributed by atoms with Gasteiger partial charge in [-0.3, -0.25) is 14.0 Å². The van der Waals surface area contributed by atoms with Crippen LogP contribution in [0.15, 0.2) is 67.0 Å². The predicted molar refractivity (Wildman–Crippen MR) is 170 cm³/mol. The van der Waals surface area contributed by atoms with E-state index in [1.807, 2.05) is 41.7 Å². The van der Waals surface area contributed by atoms with Gasteiger partial charge in [0, 0.05) is 41.8 Å². The number of likely N-dealkylation sites (N-methyl/N-ethyl adjacent to an activating group) is 1. The Hall–Kier alpha value is -4.50. The van der Waals surface area contributed by atoms with Crippen LogP contribution in [0, 0.1) is 6.92 Å². The van der Waals surface area contributed by atoms with Crippen LogP contribution in [0.4, 0.5) is 11.5 Å². The van der Waals surface area contributed by atoms with Gasteiger partial charge in [-0.25, -0.2) is 9.97 Å². The number of amides is 2. The van der Waals surface area contributed by atoms with Crippen LogP contribution >= 0.6 is 0 Å². The monoisotopic (exact) mass is 567 g/mol. The van der Waals surface area contributed by atoms with Crippen LogP contribution in [0.2, 0.25) is 0 Å². The van der Waals surface area contributed by atoms with Gasteiger partial charge in [0.05, 0.1) is 6.04 Å². The van der Waals surface area contributed by atoms with Crippen molar-refractivity contribution in [3.05, 3.63) is 89.5 Å². The topological polar surface area (TPSA) is 118 Å². The number of nitrogens with one attached hydrogen (secondary N) is 2. The average Bonchev–Trinajstić information content (AvgIpc) is 3.36. The van der Waals surface area contributed by atoms with Gasteiger partial charge < -0.3 is 21.3 Å². The number of nitrogens with zero attached hydrogens (tertiary/aromatic N) is 4. The third kappa shape index (κ3) is 6.86. The lowest BCUT2D eigenvalue weighted by Gasteiger charge is -2.15. The summed E-state index contributed by atoms with van der Waals surface area (Å²) in [5.41, 5.74) is 11.9. The van der Waals surface area contributed by atoms with Crippen molar-refractivity contribution in [1.82, 2.24) is 24.6 Å². The molecule has 2 amide bonds. The zero-order valence-corrected chi connectivity index (χ0v) is 25.3. The molecule has 2 aromatic heterocycles. The smallest absolute Gasteiger partial charge is 0.255 e. The highest BCUT2D eigenvalue weighted by atomic mass is 16.2. The van der Waals surface area contributed by atoms with Crippen LogP contribution in [0.25, 0.3) is 16.8 Å². The summed E-state index contributed by atoms with van der Waals surface area (Å²) in [6.07, 6.45) is 6.80. The lowest BCUT2D eigenvalue weighted by atomic mass is 9.97. The Kier molecular flexibility index (Phi) is 9.75. The van der Waals surface area contributed by atoms with Crippen molar-refractivity contribution < 1.29 is 9.59 Å². The van der Waals surface area contributed by atoms with E-state index in [-0.39, 0.29) is 11.8 Å². The molecule has 42 heavy (non-hydrogen) atoms. The summed E-state index contributed by atoms with van der Waals surface area (Å²) >= 11 is 0. The average molecular weight is 568 g/mol. The number of aromatic nitrogens is 3. The van der Waals surface area contributed by atoms with E-state index in [0.29, 0.717) is 40.9 Å². The van der Waals surface area contributed by atoms with Crippen molar-refractivity contribution >= 4 is 28.8 Å². The maximum Gasteiger partial charge on any atom is 0.255 e. The second kappa shape index (κ2) is 13.4. The van der Waals surface area contributed by atoms with Crippen LogP contribution < -0.4 is 16.4 Å². The molecule has 0 unspecified atom stereocenters. The maximum absolute atomic E-state index is 13.2. The molecule has 4 rings (SSSR count). The number of rotatable bonds is 11. The normalized spacial score (nSPS) is 12.4. The van der Waals surface area contributed by atoms with Crippen molar-refractivity contribution in [2.75, 3.05) is 30.7 Å². The lowest BCUT2D eigenvalue weighted by Crippen LogP contribution is -2.27. The Morgan fingerprint density at radius 2 is 1.86 bits per heavy atom. The fraction of sp³-hybridized carbons (Fsp3) is 0.333. The number of fused-ring (bicyclic) bond motifs is 1. The minimum absolute atomic E-state index is 0.203. The maximum atomic E-state index is 13.2. The molecule has 0 spiro atoms. The van der Waals surface area contributed by atoms with Gasteiger partial charge in [0.2, 0.25) is 5.91 Å². The zero-order valence-electron chi connectivity index (χ0n) is 25.3. The number of hydrogen-bond acceptors (Lipinski definition) is 6. The van der Waals surface area contributed by atoms with Gasteiger partial charge in [0.25, 0.3) is 5.91 Å². The molecule has 0 saturated heterocycles. The van der Waals surface area contributed by atoms with E-state index in [1.54, 1.807) is 30.6 Å². The highest BCUT2D eigenvalue weighted by Gasteiger charge is 2.21. The van der Waals surface area contributed by atoms with Crippen molar-refractivity contribution in [3.8, 4) is 11.3 Å². The first-order valence-electron chi connectivity index (χ1n) is 14.5. The largest absolute Gasteiger partial charge is 0.382 e. The summed E-state index contributed by atoms with van der Waals surface area (Å²) in [6, 6.07) is 12.8. The minimum atomic E-state index is -0.415. The number of anilines is 2. The number of carbonyl (C=O) groups is 2. The predicted octanol–water partition coefficient (Wildman–Crippen LogP) is 5.74. The molecular weight excluding hydrogens is 526 g/mol. The molecule has 0 aliphatic heterocycles. The molecule has 9 nitrogen and oxygen atoms in total. The molecule has 4 N–H and O–H groups in total. The molecule has 0 saturated carbocycles. The SMILES string of the molecule is CCN(CC)C/C=C/C(=O)N[C@@H](C)c1nc(-c2cccc(C(=O)Nc3ccc(C(C)C)c(C)c3)c2)c2c(N)nccn12. The summed E-state index contributed by atoms with van der Waals surface area (Å²) in [6.45, 7) is 15.0. The van der Waals surface area contributed by atoms with Gasteiger partial charge in [-0.15, -0.1) is 0 Å². The fourth-order valence-corrected chi connectivity index (χ4v) is 5.12. The Labute approximate surface area is 247 Å². The third-order valence-electron chi connectivity index (χ3n) is 7.43. The number of carbonyl (C=O) groups excluding carboxylic acids is 2. The van der Waals surface area contributed by atoms with Crippen LogP contribution in [0.3, 0.4) is 0 Å². The second-order valence-electron chi connectivity index (χ2n) is 10.7. The Bertz CT molecular complexity index is 1600. The van der Waals surface area contributed by atoms with Gasteiger partial charge in [-0.2, -0.15) is 0 Å². The summed E-state index contributed by atoms with van der Waals surface area (Å²) < 4.78 is 1.84. The van der Waals surface area contributed by atoms with Crippen LogP contribution in [0.5, 0.6) is 0 Å². The molecule has 4 aromatic rings. The van der Waals surface area contributed by atoms with E-state index >= 15 is 0 Å². The highest BCUT2D eigenvalue weighted by molar-refractivity contribution is 6.05. The van der Waals surface area contributed by atoms with Crippen LogP contribution in [0.1, 0.15) is 73.9 Å². The summed E-state index contributed by atoms with van der Waals surface area (Å²) in [5, 5.41) is 6.01.